The maximum Gasteiger partial charge on any atom is 0.363 e. The van der Waals surface area contributed by atoms with E-state index in [2.05, 4.69) is 9.30 Å². The summed E-state index contributed by atoms with van der Waals surface area (Å²) >= 11 is 0.609. The van der Waals surface area contributed by atoms with Gasteiger partial charge in [0.25, 0.3) is 0 Å². The Balaban J connectivity index is 2.38. The van der Waals surface area contributed by atoms with Crippen molar-refractivity contribution in [3.05, 3.63) is 35.2 Å². The van der Waals surface area contributed by atoms with Crippen LogP contribution in [-0.2, 0) is 29.2 Å². The van der Waals surface area contributed by atoms with Crippen molar-refractivity contribution in [3.8, 4) is 0 Å². The Morgan fingerprint density at radius 3 is 2.37 bits per heavy atom. The first kappa shape index (κ1) is 24.3. The molecule has 10 nitrogen and oxygen atoms in total. The number of esters is 1. The lowest BCUT2D eigenvalue weighted by atomic mass is 9.88. The van der Waals surface area contributed by atoms with Crippen molar-refractivity contribution in [1.82, 2.24) is 4.72 Å². The number of hydrogen-bond acceptors (Lipinski definition) is 9. The van der Waals surface area contributed by atoms with Crippen molar-refractivity contribution in [1.29, 1.82) is 0 Å². The molecule has 0 aliphatic carbocycles. The van der Waals surface area contributed by atoms with Gasteiger partial charge in [0.2, 0.25) is 10.0 Å². The van der Waals surface area contributed by atoms with Gasteiger partial charge in [-0.25, -0.2) is 13.2 Å². The highest BCUT2D eigenvalue weighted by Crippen LogP contribution is 2.42. The second-order valence-corrected chi connectivity index (χ2v) is 10.0. The molecule has 166 valence electrons. The van der Waals surface area contributed by atoms with Gasteiger partial charge in [0.05, 0.1) is 16.2 Å². The molecule has 0 radical (unpaired) electrons. The summed E-state index contributed by atoms with van der Waals surface area (Å²) in [7, 11) is -2.37. The van der Waals surface area contributed by atoms with Gasteiger partial charge >= 0.3 is 11.9 Å². The summed E-state index contributed by atoms with van der Waals surface area (Å²) < 4.78 is 35.0. The Bertz CT molecular complexity index is 869. The molecule has 1 saturated heterocycles. The van der Waals surface area contributed by atoms with E-state index < -0.39 is 32.8 Å². The van der Waals surface area contributed by atoms with Crippen LogP contribution < -0.4 is 4.72 Å². The predicted octanol–water partition coefficient (Wildman–Crippen LogP) is 1.77. The molecule has 1 aromatic carbocycles. The maximum absolute atomic E-state index is 12.9. The monoisotopic (exact) mass is 460 g/mol. The number of benzene rings is 1. The summed E-state index contributed by atoms with van der Waals surface area (Å²) in [4.78, 5) is 40.7. The lowest BCUT2D eigenvalue weighted by Gasteiger charge is -2.44. The molecule has 1 heterocycles. The highest BCUT2D eigenvalue weighted by molar-refractivity contribution is 7.99. The fourth-order valence-electron chi connectivity index (χ4n) is 3.42. The van der Waals surface area contributed by atoms with Crippen molar-refractivity contribution >= 4 is 33.9 Å². The SMILES string of the molecule is CCOC(=O)C(NS(=O)(=O)c1ccccc1)C1(SN=O)CC[N+](C)(OC(C)=O)CC1. The van der Waals surface area contributed by atoms with Crippen LogP contribution in [0.3, 0.4) is 0 Å². The zero-order valence-electron chi connectivity index (χ0n) is 17.1. The molecule has 0 aromatic heterocycles. The predicted molar refractivity (Wildman–Crippen MR) is 110 cm³/mol. The van der Waals surface area contributed by atoms with E-state index in [1.54, 1.807) is 32.2 Å². The average molecular weight is 461 g/mol. The molecule has 2 rings (SSSR count). The molecular weight excluding hydrogens is 434 g/mol. The summed E-state index contributed by atoms with van der Waals surface area (Å²) in [5, 5.41) is 0. The Labute approximate surface area is 180 Å². The van der Waals surface area contributed by atoms with Crippen LogP contribution >= 0.6 is 11.9 Å². The molecule has 1 aliphatic rings. The fraction of sp³-hybridized carbons (Fsp3) is 0.556. The summed E-state index contributed by atoms with van der Waals surface area (Å²) in [5.41, 5.74) is 0. The third kappa shape index (κ3) is 5.78. The number of quaternary nitrogens is 1. The van der Waals surface area contributed by atoms with E-state index in [1.165, 1.54) is 19.1 Å². The van der Waals surface area contributed by atoms with Gasteiger partial charge in [0, 0.05) is 36.3 Å². The standard InChI is InChI=1S/C18H26N3O7S2/c1-4-27-17(23)16(19-30(25,26)15-8-6-5-7-9-15)18(29-20-24)10-12-21(3,13-11-18)28-14(2)22/h5-9,16,19H,4,10-13H2,1-3H3/q+1. The topological polar surface area (TPSA) is 128 Å². The Morgan fingerprint density at radius 1 is 1.27 bits per heavy atom. The zero-order chi connectivity index (χ0) is 22.4. The van der Waals surface area contributed by atoms with Crippen molar-refractivity contribution in [2.45, 2.75) is 42.4 Å². The number of nitroso groups, excluding NO2 is 1. The minimum absolute atomic E-state index is 0.0187. The van der Waals surface area contributed by atoms with E-state index in [1.807, 2.05) is 0 Å². The molecule has 0 spiro atoms. The molecular formula is C18H26N3O7S2+. The van der Waals surface area contributed by atoms with Gasteiger partial charge < -0.3 is 4.74 Å². The molecule has 0 saturated carbocycles. The largest absolute Gasteiger partial charge is 0.465 e. The van der Waals surface area contributed by atoms with Crippen molar-refractivity contribution in [2.24, 2.45) is 4.58 Å². The molecule has 1 fully saturated rings. The first-order valence-corrected chi connectivity index (χ1v) is 11.6. The van der Waals surface area contributed by atoms with Crippen LogP contribution in [0.15, 0.2) is 39.8 Å². The molecule has 1 atom stereocenters. The molecule has 12 heteroatoms. The minimum atomic E-state index is -4.07. The van der Waals surface area contributed by atoms with Gasteiger partial charge in [0.1, 0.15) is 26.2 Å². The zero-order valence-corrected chi connectivity index (χ0v) is 18.7. The third-order valence-electron chi connectivity index (χ3n) is 4.96. The summed E-state index contributed by atoms with van der Waals surface area (Å²) in [5.74, 6) is -1.25. The second kappa shape index (κ2) is 9.86. The lowest BCUT2D eigenvalue weighted by molar-refractivity contribution is -1.08. The van der Waals surface area contributed by atoms with Crippen LogP contribution in [0.5, 0.6) is 0 Å². The van der Waals surface area contributed by atoms with E-state index in [-0.39, 0.29) is 42.1 Å². The average Bonchev–Trinajstić information content (AvgIpc) is 2.69. The molecule has 30 heavy (non-hydrogen) atoms. The molecule has 1 N–H and O–H groups in total. The Morgan fingerprint density at radius 2 is 1.87 bits per heavy atom. The van der Waals surface area contributed by atoms with Crippen LogP contribution in [-0.4, -0.2) is 62.5 Å². The van der Waals surface area contributed by atoms with Crippen molar-refractivity contribution in [3.63, 3.8) is 0 Å². The number of sulfonamides is 1. The van der Waals surface area contributed by atoms with Crippen LogP contribution in [0.4, 0.5) is 0 Å². The number of nitrogens with one attached hydrogen (secondary N) is 1. The maximum atomic E-state index is 12.9. The van der Waals surface area contributed by atoms with Crippen LogP contribution in [0.25, 0.3) is 0 Å². The first-order valence-electron chi connectivity index (χ1n) is 9.37. The number of nitrogens with zero attached hydrogens (tertiary/aromatic N) is 2. The van der Waals surface area contributed by atoms with E-state index >= 15 is 0 Å². The normalized spacial score (nSPS) is 25.2. The highest BCUT2D eigenvalue weighted by atomic mass is 32.2. The molecule has 0 amide bonds. The number of hydroxylamine groups is 3. The lowest BCUT2D eigenvalue weighted by Crippen LogP contribution is -2.63. The summed E-state index contributed by atoms with van der Waals surface area (Å²) in [6.07, 6.45) is 0.377. The Hall–Kier alpha value is -2.02. The van der Waals surface area contributed by atoms with Crippen molar-refractivity contribution < 1.29 is 32.2 Å². The quantitative estimate of drug-likeness (QED) is 0.256. The van der Waals surface area contributed by atoms with E-state index in [0.29, 0.717) is 11.9 Å². The van der Waals surface area contributed by atoms with Gasteiger partial charge in [-0.05, 0) is 19.1 Å². The number of likely N-dealkylation sites (tertiary alicyclic amines) is 1. The fourth-order valence-corrected chi connectivity index (χ4v) is 5.55. The van der Waals surface area contributed by atoms with E-state index in [0.717, 1.165) is 0 Å². The van der Waals surface area contributed by atoms with Gasteiger partial charge in [-0.3, -0.25) is 9.63 Å². The smallest absolute Gasteiger partial charge is 0.363 e. The van der Waals surface area contributed by atoms with Crippen LogP contribution in [0.1, 0.15) is 26.7 Å². The number of ether oxygens (including phenoxy) is 1. The van der Waals surface area contributed by atoms with Gasteiger partial charge in [0.15, 0.2) is 0 Å². The number of rotatable bonds is 9. The Kier molecular flexibility index (Phi) is 7.97. The van der Waals surface area contributed by atoms with Crippen LogP contribution in [0.2, 0.25) is 0 Å². The number of piperidine rings is 1. The molecule has 1 aliphatic heterocycles. The molecule has 0 bridgehead atoms. The first-order chi connectivity index (χ1) is 14.1. The number of hydrogen-bond donors (Lipinski definition) is 1. The minimum Gasteiger partial charge on any atom is -0.465 e. The molecule has 1 unspecified atom stereocenters. The second-order valence-electron chi connectivity index (χ2n) is 7.18. The number of carbonyl (C=O) groups excluding carboxylic acids is 2. The highest BCUT2D eigenvalue weighted by Gasteiger charge is 2.53. The van der Waals surface area contributed by atoms with Crippen molar-refractivity contribution in [2.75, 3.05) is 26.7 Å². The van der Waals surface area contributed by atoms with Gasteiger partial charge in [-0.1, -0.05) is 18.2 Å². The van der Waals surface area contributed by atoms with E-state index in [4.69, 9.17) is 9.57 Å². The number of carbonyl (C=O) groups is 2. The van der Waals surface area contributed by atoms with E-state index in [9.17, 15) is 22.9 Å². The third-order valence-corrected chi connectivity index (χ3v) is 7.48. The van der Waals surface area contributed by atoms with Crippen LogP contribution in [0, 0.1) is 4.91 Å². The summed E-state index contributed by atoms with van der Waals surface area (Å²) in [6, 6.07) is 6.25. The van der Waals surface area contributed by atoms with Gasteiger partial charge in [-0.2, -0.15) is 4.72 Å². The summed E-state index contributed by atoms with van der Waals surface area (Å²) in [6.45, 7) is 3.48. The molecule has 1 aromatic rings. The van der Waals surface area contributed by atoms with Gasteiger partial charge in [-0.15, -0.1) is 9.55 Å².